The number of aliphatic hydroxyl groups is 1. The Labute approximate surface area is 251 Å². The van der Waals surface area contributed by atoms with Crippen LogP contribution in [0.1, 0.15) is 58.3 Å². The zero-order valence-corrected chi connectivity index (χ0v) is 24.3. The smallest absolute Gasteiger partial charge is 0.337 e. The average molecular weight is 578 g/mol. The molecular formula is C36H37N2O5+. The van der Waals surface area contributed by atoms with Crippen LogP contribution in [0.15, 0.2) is 97.7 Å². The van der Waals surface area contributed by atoms with Gasteiger partial charge in [-0.15, -0.1) is 6.58 Å². The number of aromatic nitrogens is 1. The van der Waals surface area contributed by atoms with Gasteiger partial charge in [0.2, 0.25) is 0 Å². The summed E-state index contributed by atoms with van der Waals surface area (Å²) in [6.07, 6.45) is 6.17. The van der Waals surface area contributed by atoms with Crippen LogP contribution in [0.4, 0.5) is 0 Å². The van der Waals surface area contributed by atoms with Crippen molar-refractivity contribution in [2.45, 2.75) is 37.3 Å². The lowest BCUT2D eigenvalue weighted by Crippen LogP contribution is -3.20. The molecule has 7 nitrogen and oxygen atoms in total. The molecule has 220 valence electrons. The molecule has 5 heterocycles. The number of pyridine rings is 1. The standard InChI is InChI=1S/C19H22N2O.C17H14O4/c1-2-13-12-21-10-8-14(13)11-18(21)19(22)16-7-9-20-17-6-4-3-5-15(16)17;1-20-17(19)12-7-8-15-14(9-12)13(10-16(18)21-15)11-5-3-2-4-6-11/h2-7,9,13-14,18-19,22H,1,8,10-12H2;2-9,13H,10H2,1H3/p+1/t13?,14?,18-,19+;/m0./s1. The number of fused-ring (bicyclic) bond motifs is 5. The Bertz CT molecular complexity index is 1630. The summed E-state index contributed by atoms with van der Waals surface area (Å²) in [4.78, 5) is 29.4. The first-order valence-corrected chi connectivity index (χ1v) is 14.9. The molecule has 4 aliphatic heterocycles. The number of carbonyl (C=O) groups excluding carboxylic acids is 2. The quantitative estimate of drug-likeness (QED) is 0.204. The number of esters is 2. The van der Waals surface area contributed by atoms with E-state index in [4.69, 9.17) is 9.47 Å². The number of benzene rings is 3. The van der Waals surface area contributed by atoms with Crippen LogP contribution in [0.5, 0.6) is 5.75 Å². The lowest BCUT2D eigenvalue weighted by Gasteiger charge is -2.47. The Balaban J connectivity index is 0.000000153. The molecule has 43 heavy (non-hydrogen) atoms. The molecule has 7 heteroatoms. The van der Waals surface area contributed by atoms with E-state index in [1.165, 1.54) is 20.1 Å². The first-order valence-electron chi connectivity index (χ1n) is 14.9. The monoisotopic (exact) mass is 577 g/mol. The van der Waals surface area contributed by atoms with Gasteiger partial charge in [-0.25, -0.2) is 4.79 Å². The Kier molecular flexibility index (Phi) is 8.36. The Morgan fingerprint density at radius 3 is 2.65 bits per heavy atom. The second-order valence-electron chi connectivity index (χ2n) is 11.7. The number of ether oxygens (including phenoxy) is 2. The molecule has 6 atom stereocenters. The van der Waals surface area contributed by atoms with Crippen molar-refractivity contribution in [3.63, 3.8) is 0 Å². The maximum absolute atomic E-state index is 11.8. The van der Waals surface area contributed by atoms with Crippen LogP contribution in [-0.2, 0) is 9.53 Å². The predicted octanol–water partition coefficient (Wildman–Crippen LogP) is 4.66. The van der Waals surface area contributed by atoms with Gasteiger partial charge in [-0.05, 0) is 47.4 Å². The number of methoxy groups -OCH3 is 1. The number of rotatable bonds is 5. The summed E-state index contributed by atoms with van der Waals surface area (Å²) >= 11 is 0. The molecule has 3 saturated heterocycles. The zero-order valence-electron chi connectivity index (χ0n) is 24.3. The molecule has 4 aliphatic rings. The van der Waals surface area contributed by atoms with Gasteiger partial charge in [0, 0.05) is 41.8 Å². The van der Waals surface area contributed by atoms with Gasteiger partial charge in [0.15, 0.2) is 0 Å². The summed E-state index contributed by atoms with van der Waals surface area (Å²) < 4.78 is 10.0. The van der Waals surface area contributed by atoms with E-state index in [9.17, 15) is 14.7 Å². The minimum atomic E-state index is -0.406. The second-order valence-corrected chi connectivity index (χ2v) is 11.7. The topological polar surface area (TPSA) is 90.2 Å². The lowest BCUT2D eigenvalue weighted by molar-refractivity contribution is -0.949. The number of carbonyl (C=O) groups is 2. The molecule has 2 N–H and O–H groups in total. The van der Waals surface area contributed by atoms with Gasteiger partial charge in [-0.2, -0.15) is 0 Å². The molecule has 0 saturated carbocycles. The first kappa shape index (κ1) is 28.8. The maximum atomic E-state index is 11.8. The van der Waals surface area contributed by atoms with Crippen molar-refractivity contribution in [1.82, 2.24) is 4.98 Å². The van der Waals surface area contributed by atoms with E-state index in [0.29, 0.717) is 29.2 Å². The van der Waals surface area contributed by atoms with Crippen LogP contribution < -0.4 is 9.64 Å². The van der Waals surface area contributed by atoms with Crippen LogP contribution >= 0.6 is 0 Å². The number of nitrogens with one attached hydrogen (secondary N) is 1. The Morgan fingerprint density at radius 2 is 1.91 bits per heavy atom. The number of quaternary nitrogens is 1. The van der Waals surface area contributed by atoms with Gasteiger partial charge in [-0.1, -0.05) is 54.6 Å². The van der Waals surface area contributed by atoms with E-state index < -0.39 is 12.1 Å². The number of hydrogen-bond donors (Lipinski definition) is 2. The summed E-state index contributed by atoms with van der Waals surface area (Å²) in [6.45, 7) is 6.29. The highest BCUT2D eigenvalue weighted by atomic mass is 16.5. The molecule has 8 rings (SSSR count). The van der Waals surface area contributed by atoms with E-state index in [0.717, 1.165) is 40.6 Å². The van der Waals surface area contributed by atoms with Gasteiger partial charge < -0.3 is 19.5 Å². The Morgan fingerprint density at radius 1 is 1.12 bits per heavy atom. The van der Waals surface area contributed by atoms with Crippen LogP contribution in [0.3, 0.4) is 0 Å². The fourth-order valence-electron chi connectivity index (χ4n) is 7.08. The number of para-hydroxylation sites is 1. The molecular weight excluding hydrogens is 540 g/mol. The first-order chi connectivity index (χ1) is 21.0. The molecule has 4 unspecified atom stereocenters. The third-order valence-electron chi connectivity index (χ3n) is 9.31. The van der Waals surface area contributed by atoms with E-state index >= 15 is 0 Å². The SMILES string of the molecule is C=CC1C[NH+]2CCC1C[C@H]2[C@H](O)c1ccnc2ccccc12.COC(=O)c1ccc2c(c1)C(c1ccccc1)CC(=O)O2. The summed E-state index contributed by atoms with van der Waals surface area (Å²) in [6, 6.07) is 25.1. The molecule has 1 aromatic heterocycles. The third-order valence-corrected chi connectivity index (χ3v) is 9.31. The van der Waals surface area contributed by atoms with Gasteiger partial charge in [0.25, 0.3) is 0 Å². The normalized spacial score (nSPS) is 24.6. The number of piperidine rings is 3. The van der Waals surface area contributed by atoms with Crippen molar-refractivity contribution in [2.75, 3.05) is 20.2 Å². The minimum absolute atomic E-state index is 0.105. The van der Waals surface area contributed by atoms with Crippen molar-refractivity contribution in [1.29, 1.82) is 0 Å². The van der Waals surface area contributed by atoms with Crippen LogP contribution in [0.2, 0.25) is 0 Å². The highest BCUT2D eigenvalue weighted by Gasteiger charge is 2.45. The summed E-state index contributed by atoms with van der Waals surface area (Å²) in [5.74, 6) is 1.06. The predicted molar refractivity (Wildman–Crippen MR) is 164 cm³/mol. The van der Waals surface area contributed by atoms with Gasteiger partial charge in [-0.3, -0.25) is 9.78 Å². The van der Waals surface area contributed by atoms with Crippen molar-refractivity contribution in [3.05, 3.63) is 120 Å². The molecule has 3 fully saturated rings. The van der Waals surface area contributed by atoms with Crippen LogP contribution in [0.25, 0.3) is 10.9 Å². The van der Waals surface area contributed by atoms with E-state index in [-0.39, 0.29) is 18.3 Å². The summed E-state index contributed by atoms with van der Waals surface area (Å²) in [7, 11) is 1.34. The van der Waals surface area contributed by atoms with E-state index in [1.54, 1.807) is 23.1 Å². The molecule has 0 spiro atoms. The van der Waals surface area contributed by atoms with Gasteiger partial charge >= 0.3 is 11.9 Å². The molecule has 0 amide bonds. The third kappa shape index (κ3) is 5.83. The van der Waals surface area contributed by atoms with E-state index in [1.807, 2.05) is 60.8 Å². The number of aliphatic hydroxyl groups excluding tert-OH is 1. The zero-order chi connectivity index (χ0) is 29.9. The summed E-state index contributed by atoms with van der Waals surface area (Å²) in [5.41, 5.74) is 4.32. The highest BCUT2D eigenvalue weighted by Crippen LogP contribution is 2.39. The number of nitrogens with zero attached hydrogens (tertiary/aromatic N) is 1. The van der Waals surface area contributed by atoms with Crippen molar-refractivity contribution in [2.24, 2.45) is 11.8 Å². The fraction of sp³-hybridized carbons (Fsp3) is 0.306. The maximum Gasteiger partial charge on any atom is 0.337 e. The Hall–Kier alpha value is -4.33. The fourth-order valence-corrected chi connectivity index (χ4v) is 7.08. The van der Waals surface area contributed by atoms with Crippen molar-refractivity contribution < 1.29 is 29.1 Å². The largest absolute Gasteiger partial charge is 0.465 e. The molecule has 0 aliphatic carbocycles. The minimum Gasteiger partial charge on any atom is -0.465 e. The number of hydrogen-bond acceptors (Lipinski definition) is 6. The average Bonchev–Trinajstić information content (AvgIpc) is 3.07. The van der Waals surface area contributed by atoms with Gasteiger partial charge in [0.05, 0.1) is 37.7 Å². The molecule has 0 radical (unpaired) electrons. The van der Waals surface area contributed by atoms with Gasteiger partial charge in [0.1, 0.15) is 17.9 Å². The highest BCUT2D eigenvalue weighted by molar-refractivity contribution is 5.90. The molecule has 2 bridgehead atoms. The molecule has 4 aromatic rings. The van der Waals surface area contributed by atoms with Crippen LogP contribution in [-0.4, -0.2) is 48.3 Å². The van der Waals surface area contributed by atoms with E-state index in [2.05, 4.69) is 23.7 Å². The molecule has 3 aromatic carbocycles. The van der Waals surface area contributed by atoms with Crippen molar-refractivity contribution in [3.8, 4) is 5.75 Å². The summed E-state index contributed by atoms with van der Waals surface area (Å²) in [5, 5.41) is 12.1. The van der Waals surface area contributed by atoms with Crippen LogP contribution in [0, 0.1) is 11.8 Å². The lowest BCUT2D eigenvalue weighted by atomic mass is 9.73. The second kappa shape index (κ2) is 12.5. The van der Waals surface area contributed by atoms with Crippen molar-refractivity contribution >= 4 is 22.8 Å².